The first kappa shape index (κ1) is 14.8. The van der Waals surface area contributed by atoms with Gasteiger partial charge in [-0.2, -0.15) is 0 Å². The van der Waals surface area contributed by atoms with Crippen molar-refractivity contribution in [3.63, 3.8) is 0 Å². The van der Waals surface area contributed by atoms with Gasteiger partial charge in [-0.3, -0.25) is 4.79 Å². The quantitative estimate of drug-likeness (QED) is 0.787. The number of carbonyl (C=O) groups excluding carboxylic acids is 1. The third-order valence-corrected chi connectivity index (χ3v) is 4.43. The molecule has 1 fully saturated rings. The molecule has 6 heteroatoms. The monoisotopic (exact) mass is 325 g/mol. The number of pyridine rings is 1. The van der Waals surface area contributed by atoms with Gasteiger partial charge in [-0.25, -0.2) is 9.37 Å². The number of rotatable bonds is 2. The molecule has 0 bridgehead atoms. The van der Waals surface area contributed by atoms with Crippen molar-refractivity contribution in [2.75, 3.05) is 6.54 Å². The summed E-state index contributed by atoms with van der Waals surface area (Å²) in [6, 6.07) is 9.43. The highest BCUT2D eigenvalue weighted by molar-refractivity contribution is 5.94. The minimum atomic E-state index is -0.612. The van der Waals surface area contributed by atoms with Crippen molar-refractivity contribution in [2.45, 2.75) is 18.6 Å². The first-order valence-corrected chi connectivity index (χ1v) is 7.78. The maximum Gasteiger partial charge on any atom is 0.255 e. The molecule has 0 unspecified atom stereocenters. The molecule has 2 atom stereocenters. The minimum absolute atomic E-state index is 0.184. The molecule has 3 aromatic rings. The van der Waals surface area contributed by atoms with Crippen molar-refractivity contribution in [3.8, 4) is 0 Å². The Bertz CT molecular complexity index is 908. The maximum atomic E-state index is 13.5. The lowest BCUT2D eigenvalue weighted by Crippen LogP contribution is -2.32. The highest BCUT2D eigenvalue weighted by atomic mass is 19.1. The Kier molecular flexibility index (Phi) is 3.54. The van der Waals surface area contributed by atoms with Crippen LogP contribution in [-0.4, -0.2) is 37.9 Å². The van der Waals surface area contributed by atoms with Crippen LogP contribution in [0.5, 0.6) is 0 Å². The van der Waals surface area contributed by atoms with Crippen LogP contribution in [0.1, 0.15) is 28.4 Å². The molecular formula is C18H16FN3O2. The van der Waals surface area contributed by atoms with E-state index in [4.69, 9.17) is 0 Å². The lowest BCUT2D eigenvalue weighted by Gasteiger charge is -2.25. The zero-order chi connectivity index (χ0) is 16.7. The van der Waals surface area contributed by atoms with Gasteiger partial charge in [0.2, 0.25) is 0 Å². The SMILES string of the molecule is O=C(c1ccc2cncn2c1)N1C[C@@H](O)C[C@@H]1c1cccc(F)c1. The van der Waals surface area contributed by atoms with E-state index >= 15 is 0 Å². The molecule has 122 valence electrons. The summed E-state index contributed by atoms with van der Waals surface area (Å²) in [4.78, 5) is 18.6. The lowest BCUT2D eigenvalue weighted by atomic mass is 10.0. The molecule has 3 heterocycles. The van der Waals surface area contributed by atoms with Crippen LogP contribution in [0, 0.1) is 5.82 Å². The van der Waals surface area contributed by atoms with Gasteiger partial charge in [-0.05, 0) is 36.2 Å². The Morgan fingerprint density at radius 2 is 2.17 bits per heavy atom. The summed E-state index contributed by atoms with van der Waals surface area (Å²) in [5, 5.41) is 10.0. The number of fused-ring (bicyclic) bond motifs is 1. The van der Waals surface area contributed by atoms with Gasteiger partial charge in [0.05, 0.1) is 35.8 Å². The second-order valence-corrected chi connectivity index (χ2v) is 6.06. The van der Waals surface area contributed by atoms with Crippen LogP contribution in [0.15, 0.2) is 55.1 Å². The van der Waals surface area contributed by atoms with Crippen LogP contribution in [0.3, 0.4) is 0 Å². The van der Waals surface area contributed by atoms with Gasteiger partial charge in [-0.1, -0.05) is 12.1 Å². The second-order valence-electron chi connectivity index (χ2n) is 6.06. The number of β-amino-alcohol motifs (C(OH)–C–C–N with tert-alkyl or cyclic N) is 1. The lowest BCUT2D eigenvalue weighted by molar-refractivity contribution is 0.0715. The Morgan fingerprint density at radius 1 is 1.29 bits per heavy atom. The first-order chi connectivity index (χ1) is 11.6. The van der Waals surface area contributed by atoms with Crippen LogP contribution in [0.4, 0.5) is 4.39 Å². The van der Waals surface area contributed by atoms with Crippen molar-refractivity contribution < 1.29 is 14.3 Å². The van der Waals surface area contributed by atoms with E-state index in [0.29, 0.717) is 17.5 Å². The summed E-state index contributed by atoms with van der Waals surface area (Å²) >= 11 is 0. The number of carbonyl (C=O) groups is 1. The van der Waals surface area contributed by atoms with Gasteiger partial charge in [0.25, 0.3) is 5.91 Å². The highest BCUT2D eigenvalue weighted by Crippen LogP contribution is 2.33. The van der Waals surface area contributed by atoms with Crippen molar-refractivity contribution >= 4 is 11.4 Å². The molecule has 24 heavy (non-hydrogen) atoms. The fraction of sp³-hybridized carbons (Fsp3) is 0.222. The average molecular weight is 325 g/mol. The normalized spacial score (nSPS) is 20.7. The Labute approximate surface area is 138 Å². The molecular weight excluding hydrogens is 309 g/mol. The van der Waals surface area contributed by atoms with E-state index in [1.165, 1.54) is 12.1 Å². The zero-order valence-electron chi connectivity index (χ0n) is 12.8. The summed E-state index contributed by atoms with van der Waals surface area (Å²) < 4.78 is 15.3. The summed E-state index contributed by atoms with van der Waals surface area (Å²) in [7, 11) is 0. The van der Waals surface area contributed by atoms with Crippen molar-refractivity contribution in [1.82, 2.24) is 14.3 Å². The van der Waals surface area contributed by atoms with E-state index in [9.17, 15) is 14.3 Å². The van der Waals surface area contributed by atoms with Crippen LogP contribution in [0.25, 0.3) is 5.52 Å². The van der Waals surface area contributed by atoms with E-state index in [-0.39, 0.29) is 24.3 Å². The third kappa shape index (κ3) is 2.55. The van der Waals surface area contributed by atoms with Crippen molar-refractivity contribution in [3.05, 3.63) is 72.1 Å². The van der Waals surface area contributed by atoms with Crippen LogP contribution in [0.2, 0.25) is 0 Å². The van der Waals surface area contributed by atoms with Crippen molar-refractivity contribution in [1.29, 1.82) is 0 Å². The number of likely N-dealkylation sites (tertiary alicyclic amines) is 1. The molecule has 2 aromatic heterocycles. The molecule has 0 saturated carbocycles. The fourth-order valence-electron chi connectivity index (χ4n) is 3.28. The van der Waals surface area contributed by atoms with E-state index in [0.717, 1.165) is 5.52 Å². The van der Waals surface area contributed by atoms with Crippen LogP contribution < -0.4 is 0 Å². The summed E-state index contributed by atoms with van der Waals surface area (Å²) in [6.45, 7) is 0.238. The smallest absolute Gasteiger partial charge is 0.255 e. The van der Waals surface area contributed by atoms with Crippen molar-refractivity contribution in [2.24, 2.45) is 0 Å². The average Bonchev–Trinajstić information content (AvgIpc) is 3.19. The number of halogens is 1. The molecule has 0 spiro atoms. The van der Waals surface area contributed by atoms with Gasteiger partial charge < -0.3 is 14.4 Å². The molecule has 0 radical (unpaired) electrons. The van der Waals surface area contributed by atoms with Gasteiger partial charge in [0.15, 0.2) is 0 Å². The molecule has 1 aromatic carbocycles. The number of hydrogen-bond donors (Lipinski definition) is 1. The number of aromatic nitrogens is 2. The topological polar surface area (TPSA) is 57.8 Å². The number of imidazole rings is 1. The van der Waals surface area contributed by atoms with Gasteiger partial charge >= 0.3 is 0 Å². The molecule has 1 N–H and O–H groups in total. The van der Waals surface area contributed by atoms with E-state index in [1.54, 1.807) is 46.2 Å². The predicted molar refractivity (Wildman–Crippen MR) is 86.0 cm³/mol. The number of aliphatic hydroxyl groups excluding tert-OH is 1. The maximum absolute atomic E-state index is 13.5. The van der Waals surface area contributed by atoms with Crippen LogP contribution >= 0.6 is 0 Å². The molecule has 1 amide bonds. The predicted octanol–water partition coefficient (Wildman–Crippen LogP) is 2.42. The molecule has 5 nitrogen and oxygen atoms in total. The summed E-state index contributed by atoms with van der Waals surface area (Å²) in [6.07, 6.45) is 4.86. The number of nitrogens with zero attached hydrogens (tertiary/aromatic N) is 3. The Hall–Kier alpha value is -2.73. The minimum Gasteiger partial charge on any atom is -0.391 e. The number of benzene rings is 1. The summed E-state index contributed by atoms with van der Waals surface area (Å²) in [5.41, 5.74) is 2.11. The zero-order valence-corrected chi connectivity index (χ0v) is 12.8. The Balaban J connectivity index is 1.68. The van der Waals surface area contributed by atoms with E-state index in [1.807, 2.05) is 6.07 Å². The molecule has 1 saturated heterocycles. The van der Waals surface area contributed by atoms with E-state index in [2.05, 4.69) is 4.98 Å². The van der Waals surface area contributed by atoms with Gasteiger partial charge in [-0.15, -0.1) is 0 Å². The molecule has 1 aliphatic rings. The highest BCUT2D eigenvalue weighted by Gasteiger charge is 2.36. The first-order valence-electron chi connectivity index (χ1n) is 7.78. The molecule has 0 aliphatic carbocycles. The van der Waals surface area contributed by atoms with Crippen LogP contribution in [-0.2, 0) is 0 Å². The number of aliphatic hydroxyl groups is 1. The Morgan fingerprint density at radius 3 is 3.00 bits per heavy atom. The number of hydrogen-bond acceptors (Lipinski definition) is 3. The molecule has 4 rings (SSSR count). The molecule has 1 aliphatic heterocycles. The second kappa shape index (κ2) is 5.72. The largest absolute Gasteiger partial charge is 0.391 e. The third-order valence-electron chi connectivity index (χ3n) is 4.43. The van der Waals surface area contributed by atoms with E-state index < -0.39 is 6.10 Å². The fourth-order valence-corrected chi connectivity index (χ4v) is 3.28. The summed E-state index contributed by atoms with van der Waals surface area (Å²) in [5.74, 6) is -0.530. The number of amides is 1. The van der Waals surface area contributed by atoms with Gasteiger partial charge in [0.1, 0.15) is 5.82 Å². The standard InChI is InChI=1S/C18H16FN3O2/c19-14-3-1-2-12(6-14)17-7-16(23)10-22(17)18(24)13-4-5-15-8-20-11-21(15)9-13/h1-6,8-9,11,16-17,23H,7,10H2/t16-,17+/m0/s1. The van der Waals surface area contributed by atoms with Gasteiger partial charge in [0, 0.05) is 12.7 Å².